The third-order valence-corrected chi connectivity index (χ3v) is 5.69. The van der Waals surface area contributed by atoms with E-state index >= 15 is 0 Å². The Hall–Kier alpha value is -3.42. The van der Waals surface area contributed by atoms with E-state index in [1.807, 2.05) is 4.90 Å². The molecule has 1 atom stereocenters. The number of ether oxygens (including phenoxy) is 3. The molecule has 0 radical (unpaired) electrons. The van der Waals surface area contributed by atoms with Crippen molar-refractivity contribution in [3.63, 3.8) is 0 Å². The molecule has 2 aromatic carbocycles. The van der Waals surface area contributed by atoms with E-state index in [2.05, 4.69) is 10.6 Å². The minimum Gasteiger partial charge on any atom is -0.493 e. The van der Waals surface area contributed by atoms with Gasteiger partial charge in [-0.3, -0.25) is 4.79 Å². The van der Waals surface area contributed by atoms with Crippen LogP contribution in [0.5, 0.6) is 17.2 Å². The topological polar surface area (TPSA) is 89.1 Å². The third kappa shape index (κ3) is 3.60. The van der Waals surface area contributed by atoms with Gasteiger partial charge in [-0.1, -0.05) is 0 Å². The first-order valence-electron chi connectivity index (χ1n) is 10.2. The number of carbonyl (C=O) groups excluding carboxylic acids is 2. The van der Waals surface area contributed by atoms with Crippen LogP contribution in [-0.4, -0.2) is 42.8 Å². The number of nitrogens with zero attached hydrogens (tertiary/aromatic N) is 1. The Morgan fingerprint density at radius 3 is 2.53 bits per heavy atom. The van der Waals surface area contributed by atoms with Crippen LogP contribution in [0, 0.1) is 0 Å². The summed E-state index contributed by atoms with van der Waals surface area (Å²) in [6, 6.07) is 10.2. The zero-order valence-corrected chi connectivity index (χ0v) is 16.5. The first-order chi connectivity index (χ1) is 14.7. The fraction of sp³-hybridized carbons (Fsp3) is 0.364. The van der Waals surface area contributed by atoms with Gasteiger partial charge in [0.15, 0.2) is 11.5 Å². The van der Waals surface area contributed by atoms with E-state index in [-0.39, 0.29) is 18.7 Å². The lowest BCUT2D eigenvalue weighted by molar-refractivity contribution is 0.0548. The van der Waals surface area contributed by atoms with E-state index < -0.39 is 6.03 Å². The summed E-state index contributed by atoms with van der Waals surface area (Å²) in [6.07, 6.45) is 4.03. The van der Waals surface area contributed by atoms with Crippen molar-refractivity contribution in [2.24, 2.45) is 0 Å². The molecule has 8 nitrogen and oxygen atoms in total. The Labute approximate surface area is 174 Å². The summed E-state index contributed by atoms with van der Waals surface area (Å²) < 4.78 is 16.4. The van der Waals surface area contributed by atoms with Crippen molar-refractivity contribution in [2.75, 3.05) is 30.6 Å². The number of carbonyl (C=O) groups is 2. The normalized spacial score (nSPS) is 19.7. The SMILES string of the molecule is O=C(Nc1ccc2c(c1)OCO2)Nc1ccc2c(c1)C(=O)N1CCCC[C@H]1CCO2. The van der Waals surface area contributed by atoms with E-state index in [1.54, 1.807) is 36.4 Å². The first kappa shape index (κ1) is 18.6. The molecule has 0 unspecified atom stereocenters. The van der Waals surface area contributed by atoms with Crippen LogP contribution < -0.4 is 24.8 Å². The number of fused-ring (bicyclic) bond motifs is 3. The smallest absolute Gasteiger partial charge is 0.323 e. The molecule has 8 heteroatoms. The van der Waals surface area contributed by atoms with Crippen molar-refractivity contribution < 1.29 is 23.8 Å². The van der Waals surface area contributed by atoms with Gasteiger partial charge in [-0.25, -0.2) is 4.79 Å². The molecule has 1 saturated heterocycles. The fourth-order valence-electron chi connectivity index (χ4n) is 4.20. The van der Waals surface area contributed by atoms with Gasteiger partial charge in [0.2, 0.25) is 6.79 Å². The number of hydrogen-bond donors (Lipinski definition) is 2. The number of piperidine rings is 1. The largest absolute Gasteiger partial charge is 0.493 e. The number of benzene rings is 2. The van der Waals surface area contributed by atoms with E-state index in [1.165, 1.54) is 0 Å². The number of hydrogen-bond acceptors (Lipinski definition) is 5. The standard InChI is InChI=1S/C22H23N3O5/c26-21-17-11-14(4-6-18(17)28-10-8-16-3-1-2-9-25(16)21)23-22(27)24-15-5-7-19-20(12-15)30-13-29-19/h4-7,11-12,16H,1-3,8-10,13H2,(H2,23,24,27)/t16-/m0/s1. The fourth-order valence-corrected chi connectivity index (χ4v) is 4.20. The van der Waals surface area contributed by atoms with Crippen LogP contribution in [0.3, 0.4) is 0 Å². The highest BCUT2D eigenvalue weighted by molar-refractivity contribution is 6.02. The number of anilines is 2. The molecular weight excluding hydrogens is 386 g/mol. The molecule has 2 aromatic rings. The van der Waals surface area contributed by atoms with E-state index in [9.17, 15) is 9.59 Å². The highest BCUT2D eigenvalue weighted by Crippen LogP contribution is 2.34. The molecule has 2 N–H and O–H groups in total. The van der Waals surface area contributed by atoms with Crippen LogP contribution in [0.4, 0.5) is 16.2 Å². The van der Waals surface area contributed by atoms with Gasteiger partial charge in [0.25, 0.3) is 5.91 Å². The van der Waals surface area contributed by atoms with Gasteiger partial charge in [-0.15, -0.1) is 0 Å². The average molecular weight is 409 g/mol. The predicted octanol–water partition coefficient (Wildman–Crippen LogP) is 3.84. The summed E-state index contributed by atoms with van der Waals surface area (Å²) in [5.74, 6) is 1.77. The van der Waals surface area contributed by atoms with E-state index in [4.69, 9.17) is 14.2 Å². The molecule has 156 valence electrons. The highest BCUT2D eigenvalue weighted by Gasteiger charge is 2.31. The second kappa shape index (κ2) is 7.78. The van der Waals surface area contributed by atoms with Crippen molar-refractivity contribution in [2.45, 2.75) is 31.7 Å². The van der Waals surface area contributed by atoms with Gasteiger partial charge in [0.1, 0.15) is 5.75 Å². The Kier molecular flexibility index (Phi) is 4.82. The number of nitrogens with one attached hydrogen (secondary N) is 2. The van der Waals surface area contributed by atoms with Crippen LogP contribution in [0.15, 0.2) is 36.4 Å². The average Bonchev–Trinajstić information content (AvgIpc) is 3.21. The molecule has 0 aliphatic carbocycles. The Balaban J connectivity index is 1.32. The molecular formula is C22H23N3O5. The molecule has 0 bridgehead atoms. The third-order valence-electron chi connectivity index (χ3n) is 5.69. The van der Waals surface area contributed by atoms with Crippen LogP contribution >= 0.6 is 0 Å². The second-order valence-electron chi connectivity index (χ2n) is 7.64. The summed E-state index contributed by atoms with van der Waals surface area (Å²) in [5, 5.41) is 5.56. The van der Waals surface area contributed by atoms with E-state index in [0.717, 1.165) is 32.2 Å². The van der Waals surface area contributed by atoms with Crippen molar-refractivity contribution in [1.82, 2.24) is 4.90 Å². The molecule has 3 aliphatic heterocycles. The second-order valence-corrected chi connectivity index (χ2v) is 7.64. The maximum Gasteiger partial charge on any atom is 0.323 e. The van der Waals surface area contributed by atoms with Gasteiger partial charge in [0, 0.05) is 36.4 Å². The quantitative estimate of drug-likeness (QED) is 0.787. The summed E-state index contributed by atoms with van der Waals surface area (Å²) in [6.45, 7) is 1.53. The molecule has 3 aliphatic rings. The van der Waals surface area contributed by atoms with Gasteiger partial charge < -0.3 is 29.7 Å². The highest BCUT2D eigenvalue weighted by atomic mass is 16.7. The van der Waals surface area contributed by atoms with Crippen LogP contribution in [0.25, 0.3) is 0 Å². The Morgan fingerprint density at radius 1 is 0.900 bits per heavy atom. The minimum atomic E-state index is -0.413. The lowest BCUT2D eigenvalue weighted by Crippen LogP contribution is -2.45. The summed E-state index contributed by atoms with van der Waals surface area (Å²) in [4.78, 5) is 27.6. The number of urea groups is 1. The maximum absolute atomic E-state index is 13.2. The molecule has 0 saturated carbocycles. The molecule has 30 heavy (non-hydrogen) atoms. The van der Waals surface area contributed by atoms with Gasteiger partial charge in [-0.2, -0.15) is 0 Å². The predicted molar refractivity (Wildman–Crippen MR) is 110 cm³/mol. The molecule has 5 rings (SSSR count). The Morgan fingerprint density at radius 2 is 1.67 bits per heavy atom. The van der Waals surface area contributed by atoms with Crippen molar-refractivity contribution in [3.8, 4) is 17.2 Å². The molecule has 0 spiro atoms. The van der Waals surface area contributed by atoms with Gasteiger partial charge >= 0.3 is 6.03 Å². The van der Waals surface area contributed by atoms with E-state index in [0.29, 0.717) is 40.8 Å². The lowest BCUT2D eigenvalue weighted by Gasteiger charge is -2.37. The zero-order chi connectivity index (χ0) is 20.5. The molecule has 3 heterocycles. The number of rotatable bonds is 2. The van der Waals surface area contributed by atoms with Gasteiger partial charge in [-0.05, 0) is 49.6 Å². The summed E-state index contributed by atoms with van der Waals surface area (Å²) in [7, 11) is 0. The molecule has 0 aromatic heterocycles. The zero-order valence-electron chi connectivity index (χ0n) is 16.5. The van der Waals surface area contributed by atoms with Crippen molar-refractivity contribution in [1.29, 1.82) is 0 Å². The summed E-state index contributed by atoms with van der Waals surface area (Å²) in [5.41, 5.74) is 1.60. The minimum absolute atomic E-state index is 0.0331. The summed E-state index contributed by atoms with van der Waals surface area (Å²) >= 11 is 0. The van der Waals surface area contributed by atoms with Crippen molar-refractivity contribution in [3.05, 3.63) is 42.0 Å². The van der Waals surface area contributed by atoms with Crippen LogP contribution in [0.2, 0.25) is 0 Å². The lowest BCUT2D eigenvalue weighted by atomic mass is 9.97. The number of amides is 3. The monoisotopic (exact) mass is 409 g/mol. The molecule has 1 fully saturated rings. The maximum atomic E-state index is 13.2. The molecule has 3 amide bonds. The van der Waals surface area contributed by atoms with Gasteiger partial charge in [0.05, 0.1) is 12.2 Å². The Bertz CT molecular complexity index is 993. The van der Waals surface area contributed by atoms with Crippen LogP contribution in [0.1, 0.15) is 36.0 Å². The van der Waals surface area contributed by atoms with Crippen molar-refractivity contribution >= 4 is 23.3 Å². The van der Waals surface area contributed by atoms with Crippen LogP contribution in [-0.2, 0) is 0 Å². The first-order valence-corrected chi connectivity index (χ1v) is 10.2.